The first-order valence-corrected chi connectivity index (χ1v) is 5.48. The molecule has 2 aromatic rings. The number of aromatic nitrogens is 1. The van der Waals surface area contributed by atoms with Gasteiger partial charge < -0.3 is 4.57 Å². The number of hydrogen-bond donors (Lipinski definition) is 1. The van der Waals surface area contributed by atoms with E-state index in [9.17, 15) is 13.2 Å². The summed E-state index contributed by atoms with van der Waals surface area (Å²) in [5, 5.41) is 0.525. The van der Waals surface area contributed by atoms with Gasteiger partial charge in [-0.1, -0.05) is 12.1 Å². The van der Waals surface area contributed by atoms with Gasteiger partial charge in [-0.05, 0) is 13.0 Å². The maximum Gasteiger partial charge on any atom is 0.418 e. The third-order valence-corrected chi connectivity index (χ3v) is 2.87. The van der Waals surface area contributed by atoms with Gasteiger partial charge in [-0.25, -0.2) is 5.90 Å². The van der Waals surface area contributed by atoms with Crippen molar-refractivity contribution in [1.82, 2.24) is 4.57 Å². The lowest BCUT2D eigenvalue weighted by Gasteiger charge is -2.10. The first kappa shape index (κ1) is 12.9. The van der Waals surface area contributed by atoms with Crippen molar-refractivity contribution < 1.29 is 18.0 Å². The molecule has 0 saturated heterocycles. The SMILES string of the molecule is CCn1cc(CON)c2cccc(C(F)(F)F)c21. The van der Waals surface area contributed by atoms with Crippen molar-refractivity contribution in [2.24, 2.45) is 5.90 Å². The maximum absolute atomic E-state index is 13.0. The van der Waals surface area contributed by atoms with E-state index in [1.165, 1.54) is 6.07 Å². The molecule has 1 aromatic heterocycles. The second-order valence-corrected chi connectivity index (χ2v) is 3.95. The van der Waals surface area contributed by atoms with Crippen LogP contribution in [0.3, 0.4) is 0 Å². The van der Waals surface area contributed by atoms with Crippen LogP contribution in [0.1, 0.15) is 18.1 Å². The summed E-state index contributed by atoms with van der Waals surface area (Å²) < 4.78 is 40.4. The Balaban J connectivity index is 2.75. The number of fused-ring (bicyclic) bond motifs is 1. The molecule has 98 valence electrons. The van der Waals surface area contributed by atoms with E-state index in [-0.39, 0.29) is 12.1 Å². The van der Waals surface area contributed by atoms with E-state index in [1.54, 1.807) is 23.8 Å². The number of alkyl halides is 3. The average molecular weight is 258 g/mol. The van der Waals surface area contributed by atoms with Crippen molar-refractivity contribution >= 4 is 10.9 Å². The van der Waals surface area contributed by atoms with E-state index in [0.29, 0.717) is 17.5 Å². The third kappa shape index (κ3) is 2.09. The number of hydrogen-bond acceptors (Lipinski definition) is 2. The minimum absolute atomic E-state index is 0.0881. The van der Waals surface area contributed by atoms with Crippen molar-refractivity contribution in [2.75, 3.05) is 0 Å². The van der Waals surface area contributed by atoms with Gasteiger partial charge in [-0.2, -0.15) is 13.2 Å². The van der Waals surface area contributed by atoms with Gasteiger partial charge in [0, 0.05) is 23.7 Å². The minimum Gasteiger partial charge on any atom is -0.347 e. The second-order valence-electron chi connectivity index (χ2n) is 3.95. The summed E-state index contributed by atoms with van der Waals surface area (Å²) in [5.74, 6) is 4.99. The zero-order valence-electron chi connectivity index (χ0n) is 9.79. The van der Waals surface area contributed by atoms with Crippen LogP contribution in [0.2, 0.25) is 0 Å². The standard InChI is InChI=1S/C12H13F3N2O/c1-2-17-6-8(7-18-16)9-4-3-5-10(11(9)17)12(13,14)15/h3-6H,2,7,16H2,1H3. The fourth-order valence-corrected chi connectivity index (χ4v) is 2.12. The molecule has 3 nitrogen and oxygen atoms in total. The highest BCUT2D eigenvalue weighted by Crippen LogP contribution is 2.36. The quantitative estimate of drug-likeness (QED) is 0.859. The van der Waals surface area contributed by atoms with Crippen LogP contribution in [0.15, 0.2) is 24.4 Å². The number of aryl methyl sites for hydroxylation is 1. The fourth-order valence-electron chi connectivity index (χ4n) is 2.12. The summed E-state index contributed by atoms with van der Waals surface area (Å²) in [5.41, 5.74) is 0.199. The van der Waals surface area contributed by atoms with Gasteiger partial charge in [0.25, 0.3) is 0 Å². The molecule has 0 aliphatic heterocycles. The third-order valence-electron chi connectivity index (χ3n) is 2.87. The molecule has 0 fully saturated rings. The van der Waals surface area contributed by atoms with Crippen molar-refractivity contribution in [1.29, 1.82) is 0 Å². The largest absolute Gasteiger partial charge is 0.418 e. The van der Waals surface area contributed by atoms with E-state index < -0.39 is 11.7 Å². The molecule has 0 aliphatic rings. The second kappa shape index (κ2) is 4.62. The molecular weight excluding hydrogens is 245 g/mol. The topological polar surface area (TPSA) is 40.2 Å². The average Bonchev–Trinajstić information content (AvgIpc) is 2.67. The van der Waals surface area contributed by atoms with E-state index in [4.69, 9.17) is 5.90 Å². The summed E-state index contributed by atoms with van der Waals surface area (Å²) in [7, 11) is 0. The molecule has 0 saturated carbocycles. The summed E-state index contributed by atoms with van der Waals surface area (Å²) in [6.45, 7) is 2.33. The lowest BCUT2D eigenvalue weighted by atomic mass is 10.1. The van der Waals surface area contributed by atoms with Gasteiger partial charge >= 0.3 is 6.18 Å². The molecule has 0 radical (unpaired) electrons. The normalized spacial score (nSPS) is 12.3. The number of benzene rings is 1. The molecule has 18 heavy (non-hydrogen) atoms. The molecule has 0 bridgehead atoms. The molecular formula is C12H13F3N2O. The summed E-state index contributed by atoms with van der Waals surface area (Å²) >= 11 is 0. The lowest BCUT2D eigenvalue weighted by Crippen LogP contribution is -2.08. The maximum atomic E-state index is 13.0. The zero-order chi connectivity index (χ0) is 13.3. The van der Waals surface area contributed by atoms with Crippen molar-refractivity contribution in [2.45, 2.75) is 26.3 Å². The van der Waals surface area contributed by atoms with E-state index in [1.807, 2.05) is 0 Å². The zero-order valence-corrected chi connectivity index (χ0v) is 9.79. The Morgan fingerprint density at radius 3 is 2.61 bits per heavy atom. The Morgan fingerprint density at radius 1 is 1.33 bits per heavy atom. The predicted octanol–water partition coefficient (Wildman–Crippen LogP) is 3.07. The van der Waals surface area contributed by atoms with Crippen molar-refractivity contribution in [3.05, 3.63) is 35.5 Å². The fraction of sp³-hybridized carbons (Fsp3) is 0.333. The van der Waals surface area contributed by atoms with Crippen LogP contribution >= 0.6 is 0 Å². The molecule has 1 heterocycles. The van der Waals surface area contributed by atoms with Crippen molar-refractivity contribution in [3.8, 4) is 0 Å². The summed E-state index contributed by atoms with van der Waals surface area (Å²) in [6.07, 6.45) is -2.72. The Hall–Kier alpha value is -1.53. The van der Waals surface area contributed by atoms with Crippen LogP contribution in [0.25, 0.3) is 10.9 Å². The molecule has 0 amide bonds. The molecule has 0 unspecified atom stereocenters. The van der Waals surface area contributed by atoms with Gasteiger partial charge in [0.15, 0.2) is 0 Å². The van der Waals surface area contributed by atoms with E-state index >= 15 is 0 Å². The molecule has 2 N–H and O–H groups in total. The van der Waals surface area contributed by atoms with Gasteiger partial charge in [-0.15, -0.1) is 0 Å². The number of para-hydroxylation sites is 1. The van der Waals surface area contributed by atoms with E-state index in [0.717, 1.165) is 6.07 Å². The number of nitrogens with two attached hydrogens (primary N) is 1. The minimum atomic E-state index is -4.37. The molecule has 2 rings (SSSR count). The smallest absolute Gasteiger partial charge is 0.347 e. The molecule has 0 spiro atoms. The van der Waals surface area contributed by atoms with Gasteiger partial charge in [0.1, 0.15) is 0 Å². The predicted molar refractivity (Wildman–Crippen MR) is 61.6 cm³/mol. The monoisotopic (exact) mass is 258 g/mol. The first-order valence-electron chi connectivity index (χ1n) is 5.48. The number of rotatable bonds is 3. The van der Waals surface area contributed by atoms with Crippen LogP contribution in [-0.4, -0.2) is 4.57 Å². The molecule has 1 aromatic carbocycles. The highest BCUT2D eigenvalue weighted by atomic mass is 19.4. The summed E-state index contributed by atoms with van der Waals surface area (Å²) in [4.78, 5) is 4.52. The van der Waals surface area contributed by atoms with Crippen LogP contribution in [-0.2, 0) is 24.2 Å². The van der Waals surface area contributed by atoms with Crippen LogP contribution in [0.5, 0.6) is 0 Å². The Labute approximate surface area is 102 Å². The molecule has 0 atom stereocenters. The number of halogens is 3. The number of nitrogens with zero attached hydrogens (tertiary/aromatic N) is 1. The van der Waals surface area contributed by atoms with Gasteiger partial charge in [-0.3, -0.25) is 4.84 Å². The highest BCUT2D eigenvalue weighted by Gasteiger charge is 2.34. The Morgan fingerprint density at radius 2 is 2.06 bits per heavy atom. The Bertz CT molecular complexity index is 560. The van der Waals surface area contributed by atoms with Gasteiger partial charge in [0.2, 0.25) is 0 Å². The lowest BCUT2D eigenvalue weighted by molar-refractivity contribution is -0.136. The van der Waals surface area contributed by atoms with E-state index in [2.05, 4.69) is 4.84 Å². The van der Waals surface area contributed by atoms with Crippen LogP contribution in [0.4, 0.5) is 13.2 Å². The van der Waals surface area contributed by atoms with Crippen LogP contribution < -0.4 is 5.90 Å². The summed E-state index contributed by atoms with van der Waals surface area (Å²) in [6, 6.07) is 4.12. The van der Waals surface area contributed by atoms with Crippen LogP contribution in [0, 0.1) is 0 Å². The van der Waals surface area contributed by atoms with Crippen molar-refractivity contribution in [3.63, 3.8) is 0 Å². The molecule has 0 aliphatic carbocycles. The van der Waals surface area contributed by atoms with Gasteiger partial charge in [0.05, 0.1) is 17.7 Å². The Kier molecular flexibility index (Phi) is 3.32. The molecule has 6 heteroatoms. The first-order chi connectivity index (χ1) is 8.49. The highest BCUT2D eigenvalue weighted by molar-refractivity contribution is 5.87.